The van der Waals surface area contributed by atoms with Crippen LogP contribution in [0, 0.1) is 0 Å². The molecule has 3 heteroatoms. The van der Waals surface area contributed by atoms with Crippen LogP contribution in [0.5, 0.6) is 0 Å². The van der Waals surface area contributed by atoms with Gasteiger partial charge in [0.25, 0.3) is 0 Å². The normalized spacial score (nSPS) is 14.0. The highest BCUT2D eigenvalue weighted by atomic mass is 16.6. The molecule has 0 aliphatic rings. The van der Waals surface area contributed by atoms with Gasteiger partial charge in [0, 0.05) is 6.04 Å². The Labute approximate surface area is 154 Å². The van der Waals surface area contributed by atoms with Gasteiger partial charge in [0.05, 0.1) is 12.7 Å². The van der Waals surface area contributed by atoms with E-state index in [9.17, 15) is 5.11 Å². The lowest BCUT2D eigenvalue weighted by Crippen LogP contribution is -2.33. The third-order valence-electron chi connectivity index (χ3n) is 4.32. The van der Waals surface area contributed by atoms with Crippen molar-refractivity contribution in [2.45, 2.75) is 90.4 Å². The molecule has 0 aliphatic heterocycles. The van der Waals surface area contributed by atoms with Crippen LogP contribution in [0.25, 0.3) is 0 Å². The summed E-state index contributed by atoms with van der Waals surface area (Å²) in [4.78, 5) is 5.70. The maximum absolute atomic E-state index is 10.2. The number of aliphatic hydroxyl groups is 1. The summed E-state index contributed by atoms with van der Waals surface area (Å²) in [6.07, 6.45) is 13.8. The molecule has 0 radical (unpaired) electrons. The van der Waals surface area contributed by atoms with Crippen molar-refractivity contribution in [3.63, 3.8) is 0 Å². The third-order valence-corrected chi connectivity index (χ3v) is 4.32. The number of nitrogens with one attached hydrogen (secondary N) is 1. The van der Waals surface area contributed by atoms with E-state index in [0.717, 1.165) is 56.9 Å². The number of rotatable bonds is 15. The van der Waals surface area contributed by atoms with Crippen molar-refractivity contribution < 1.29 is 9.94 Å². The fourth-order valence-electron chi connectivity index (χ4n) is 2.81. The lowest BCUT2D eigenvalue weighted by molar-refractivity contribution is -0.0120. The van der Waals surface area contributed by atoms with Gasteiger partial charge in [-0.25, -0.2) is 0 Å². The van der Waals surface area contributed by atoms with Crippen LogP contribution in [-0.4, -0.2) is 17.3 Å². The van der Waals surface area contributed by atoms with Crippen molar-refractivity contribution in [1.82, 2.24) is 5.48 Å². The average Bonchev–Trinajstić information content (AvgIpc) is 2.63. The van der Waals surface area contributed by atoms with Gasteiger partial charge in [-0.2, -0.15) is 5.48 Å². The van der Waals surface area contributed by atoms with E-state index in [4.69, 9.17) is 4.84 Å². The Morgan fingerprint density at radius 2 is 1.76 bits per heavy atom. The summed E-state index contributed by atoms with van der Waals surface area (Å²) in [5, 5.41) is 10.2. The SMILES string of the molecule is CCC/C=C/CCC[C@@H](C[C@@H](O)CCCC)NOCc1ccccc1. The standard InChI is InChI=1S/C22H37NO2/c1-3-5-7-8-9-13-16-21(18-22(24)17-6-4-2)23-25-19-20-14-11-10-12-15-20/h7-8,10-12,14-15,21-24H,3-6,9,13,16-19H2,1-2H3/b8-7+/t21-,22-/m0/s1. The van der Waals surface area contributed by atoms with Crippen LogP contribution in [0.15, 0.2) is 42.5 Å². The second-order valence-electron chi connectivity index (χ2n) is 6.81. The van der Waals surface area contributed by atoms with Crippen molar-refractivity contribution in [1.29, 1.82) is 0 Å². The summed E-state index contributed by atoms with van der Waals surface area (Å²) in [5.74, 6) is 0. The minimum Gasteiger partial charge on any atom is -0.393 e. The molecule has 0 heterocycles. The lowest BCUT2D eigenvalue weighted by atomic mass is 10.0. The van der Waals surface area contributed by atoms with E-state index in [1.165, 1.54) is 6.42 Å². The predicted octanol–water partition coefficient (Wildman–Crippen LogP) is 5.54. The smallest absolute Gasteiger partial charge is 0.0933 e. The van der Waals surface area contributed by atoms with Gasteiger partial charge in [-0.1, -0.05) is 75.6 Å². The molecule has 3 nitrogen and oxygen atoms in total. The van der Waals surface area contributed by atoms with E-state index >= 15 is 0 Å². The molecule has 2 N–H and O–H groups in total. The van der Waals surface area contributed by atoms with Crippen molar-refractivity contribution in [3.8, 4) is 0 Å². The number of hydroxylamine groups is 1. The second kappa shape index (κ2) is 15.1. The van der Waals surface area contributed by atoms with E-state index in [1.807, 2.05) is 18.2 Å². The summed E-state index contributed by atoms with van der Waals surface area (Å²) in [6, 6.07) is 10.4. The van der Waals surface area contributed by atoms with E-state index in [-0.39, 0.29) is 12.1 Å². The first-order chi connectivity index (χ1) is 12.3. The maximum Gasteiger partial charge on any atom is 0.0933 e. The van der Waals surface area contributed by atoms with Crippen molar-refractivity contribution >= 4 is 0 Å². The van der Waals surface area contributed by atoms with Crippen LogP contribution in [0.3, 0.4) is 0 Å². The zero-order valence-electron chi connectivity index (χ0n) is 16.1. The highest BCUT2D eigenvalue weighted by molar-refractivity contribution is 5.13. The van der Waals surface area contributed by atoms with Gasteiger partial charge < -0.3 is 5.11 Å². The Balaban J connectivity index is 2.35. The summed E-state index contributed by atoms with van der Waals surface area (Å²) in [6.45, 7) is 4.92. The Kier molecular flexibility index (Phi) is 13.2. The molecule has 0 unspecified atom stereocenters. The van der Waals surface area contributed by atoms with Crippen molar-refractivity contribution in [3.05, 3.63) is 48.0 Å². The molecule has 0 spiro atoms. The van der Waals surface area contributed by atoms with Crippen LogP contribution < -0.4 is 5.48 Å². The monoisotopic (exact) mass is 347 g/mol. The van der Waals surface area contributed by atoms with E-state index in [1.54, 1.807) is 0 Å². The van der Waals surface area contributed by atoms with E-state index < -0.39 is 0 Å². The molecular weight excluding hydrogens is 310 g/mol. The Morgan fingerprint density at radius 1 is 1.00 bits per heavy atom. The van der Waals surface area contributed by atoms with Crippen molar-refractivity contribution in [2.75, 3.05) is 0 Å². The van der Waals surface area contributed by atoms with Crippen LogP contribution in [-0.2, 0) is 11.4 Å². The van der Waals surface area contributed by atoms with Crippen LogP contribution in [0.1, 0.15) is 77.2 Å². The number of hydrogen-bond acceptors (Lipinski definition) is 3. The molecule has 0 fully saturated rings. The van der Waals surface area contributed by atoms with E-state index in [2.05, 4.69) is 43.6 Å². The molecule has 1 aromatic rings. The van der Waals surface area contributed by atoms with Gasteiger partial charge >= 0.3 is 0 Å². The molecular formula is C22H37NO2. The molecule has 1 rings (SSSR count). The average molecular weight is 348 g/mol. The Hall–Kier alpha value is -1.16. The van der Waals surface area contributed by atoms with Crippen LogP contribution in [0.2, 0.25) is 0 Å². The Bertz CT molecular complexity index is 433. The lowest BCUT2D eigenvalue weighted by Gasteiger charge is -2.21. The number of hydrogen-bond donors (Lipinski definition) is 2. The quantitative estimate of drug-likeness (QED) is 0.248. The molecule has 0 aliphatic carbocycles. The van der Waals surface area contributed by atoms with Gasteiger partial charge in [-0.3, -0.25) is 4.84 Å². The van der Waals surface area contributed by atoms with Gasteiger partial charge in [0.2, 0.25) is 0 Å². The van der Waals surface area contributed by atoms with Gasteiger partial charge in [0.1, 0.15) is 0 Å². The Morgan fingerprint density at radius 3 is 2.48 bits per heavy atom. The third kappa shape index (κ3) is 11.9. The molecule has 0 saturated heterocycles. The van der Waals surface area contributed by atoms with Gasteiger partial charge in [-0.05, 0) is 44.1 Å². The summed E-state index contributed by atoms with van der Waals surface area (Å²) < 4.78 is 0. The van der Waals surface area contributed by atoms with Gasteiger partial charge in [-0.15, -0.1) is 0 Å². The molecule has 0 amide bonds. The molecule has 0 saturated carbocycles. The molecule has 25 heavy (non-hydrogen) atoms. The number of aliphatic hydroxyl groups excluding tert-OH is 1. The first-order valence-corrected chi connectivity index (χ1v) is 10.0. The van der Waals surface area contributed by atoms with Gasteiger partial charge in [0.15, 0.2) is 0 Å². The molecule has 1 aromatic carbocycles. The van der Waals surface area contributed by atoms with Crippen LogP contribution >= 0.6 is 0 Å². The number of allylic oxidation sites excluding steroid dienone is 2. The fraction of sp³-hybridized carbons (Fsp3) is 0.636. The largest absolute Gasteiger partial charge is 0.393 e. The van der Waals surface area contributed by atoms with Crippen molar-refractivity contribution in [2.24, 2.45) is 0 Å². The molecule has 2 atom stereocenters. The molecule has 0 aromatic heterocycles. The zero-order chi connectivity index (χ0) is 18.2. The minimum atomic E-state index is -0.242. The fourth-order valence-corrected chi connectivity index (χ4v) is 2.81. The predicted molar refractivity (Wildman–Crippen MR) is 106 cm³/mol. The van der Waals surface area contributed by atoms with Crippen LogP contribution in [0.4, 0.5) is 0 Å². The number of benzene rings is 1. The summed E-state index contributed by atoms with van der Waals surface area (Å²) in [7, 11) is 0. The zero-order valence-corrected chi connectivity index (χ0v) is 16.1. The minimum absolute atomic E-state index is 0.204. The summed E-state index contributed by atoms with van der Waals surface area (Å²) >= 11 is 0. The highest BCUT2D eigenvalue weighted by Crippen LogP contribution is 2.13. The molecule has 0 bridgehead atoms. The van der Waals surface area contributed by atoms with E-state index in [0.29, 0.717) is 6.61 Å². The molecule has 142 valence electrons. The first-order valence-electron chi connectivity index (χ1n) is 10.0. The number of unbranched alkanes of at least 4 members (excludes halogenated alkanes) is 3. The first kappa shape index (κ1) is 21.9. The summed E-state index contributed by atoms with van der Waals surface area (Å²) in [5.41, 5.74) is 4.35. The second-order valence-corrected chi connectivity index (χ2v) is 6.81. The maximum atomic E-state index is 10.2. The topological polar surface area (TPSA) is 41.5 Å². The highest BCUT2D eigenvalue weighted by Gasteiger charge is 2.14.